The molecule has 9 heteroatoms. The molecule has 0 aromatic carbocycles. The fourth-order valence-electron chi connectivity index (χ4n) is 1.55. The van der Waals surface area contributed by atoms with Gasteiger partial charge < -0.3 is 9.47 Å². The van der Waals surface area contributed by atoms with Crippen LogP contribution in [0.2, 0.25) is 10.3 Å². The van der Waals surface area contributed by atoms with E-state index in [1.54, 1.807) is 41.5 Å². The van der Waals surface area contributed by atoms with E-state index >= 15 is 0 Å². The van der Waals surface area contributed by atoms with Crippen molar-refractivity contribution in [2.75, 3.05) is 5.32 Å². The van der Waals surface area contributed by atoms with Crippen LogP contribution in [0.15, 0.2) is 0 Å². The molecule has 1 amide bonds. The zero-order valence-electron chi connectivity index (χ0n) is 14.2. The van der Waals surface area contributed by atoms with Gasteiger partial charge in [0.05, 0.1) is 9.26 Å². The Labute approximate surface area is 164 Å². The Morgan fingerprint density at radius 2 is 1.50 bits per heavy atom. The van der Waals surface area contributed by atoms with Gasteiger partial charge in [-0.15, -0.1) is 0 Å². The quantitative estimate of drug-likeness (QED) is 0.347. The molecule has 0 bridgehead atoms. The summed E-state index contributed by atoms with van der Waals surface area (Å²) >= 11 is 13.9. The second-order valence-electron chi connectivity index (χ2n) is 6.89. The van der Waals surface area contributed by atoms with Crippen LogP contribution >= 0.6 is 45.8 Å². The van der Waals surface area contributed by atoms with Crippen LogP contribution in [0.1, 0.15) is 51.9 Å². The van der Waals surface area contributed by atoms with Gasteiger partial charge in [-0.3, -0.25) is 5.32 Å². The summed E-state index contributed by atoms with van der Waals surface area (Å²) < 4.78 is 10.9. The summed E-state index contributed by atoms with van der Waals surface area (Å²) in [5, 5.41) is 2.39. The van der Waals surface area contributed by atoms with Gasteiger partial charge in [0.25, 0.3) is 0 Å². The van der Waals surface area contributed by atoms with Crippen molar-refractivity contribution in [1.29, 1.82) is 0 Å². The molecule has 6 nitrogen and oxygen atoms in total. The minimum atomic E-state index is -0.747. The smallest absolute Gasteiger partial charge is 0.412 e. The highest BCUT2D eigenvalue weighted by molar-refractivity contribution is 14.1. The average Bonchev–Trinajstić information content (AvgIpc) is 2.30. The second-order valence-corrected chi connectivity index (χ2v) is 8.68. The molecule has 0 aliphatic heterocycles. The van der Waals surface area contributed by atoms with E-state index in [-0.39, 0.29) is 21.6 Å². The van der Waals surface area contributed by atoms with Gasteiger partial charge in [0.15, 0.2) is 0 Å². The molecule has 0 fully saturated rings. The number of hydrogen-bond acceptors (Lipinski definition) is 5. The van der Waals surface area contributed by atoms with E-state index < -0.39 is 23.3 Å². The molecule has 1 heterocycles. The lowest BCUT2D eigenvalue weighted by molar-refractivity contribution is 0.00705. The molecule has 1 N–H and O–H groups in total. The van der Waals surface area contributed by atoms with Crippen molar-refractivity contribution in [2.45, 2.75) is 52.7 Å². The van der Waals surface area contributed by atoms with E-state index in [0.29, 0.717) is 3.57 Å². The Morgan fingerprint density at radius 1 is 1.00 bits per heavy atom. The second kappa shape index (κ2) is 7.61. The summed E-state index contributed by atoms with van der Waals surface area (Å²) in [6.45, 7) is 10.3. The van der Waals surface area contributed by atoms with Gasteiger partial charge in [-0.05, 0) is 64.1 Å². The van der Waals surface area contributed by atoms with Gasteiger partial charge in [-0.25, -0.2) is 14.6 Å². The maximum absolute atomic E-state index is 12.4. The third-order valence-corrected chi connectivity index (χ3v) is 4.20. The van der Waals surface area contributed by atoms with Gasteiger partial charge in [0.1, 0.15) is 27.1 Å². The zero-order valence-corrected chi connectivity index (χ0v) is 17.9. The summed E-state index contributed by atoms with van der Waals surface area (Å²) in [6.07, 6.45) is -0.747. The largest absolute Gasteiger partial charge is 0.456 e. The average molecular weight is 489 g/mol. The highest BCUT2D eigenvalue weighted by Gasteiger charge is 2.29. The lowest BCUT2D eigenvalue weighted by Gasteiger charge is -2.23. The first kappa shape index (κ1) is 21.2. The molecule has 1 aromatic rings. The fraction of sp³-hybridized carbons (Fsp3) is 0.533. The highest BCUT2D eigenvalue weighted by atomic mass is 127. The predicted octanol–water partition coefficient (Wildman–Crippen LogP) is 5.30. The van der Waals surface area contributed by atoms with Crippen molar-refractivity contribution in [3.05, 3.63) is 19.4 Å². The van der Waals surface area contributed by atoms with Crippen LogP contribution in [0.4, 0.5) is 10.5 Å². The zero-order chi connectivity index (χ0) is 18.9. The third kappa shape index (κ3) is 6.25. The van der Waals surface area contributed by atoms with Gasteiger partial charge in [-0.2, -0.15) is 0 Å². The monoisotopic (exact) mass is 488 g/mol. The molecule has 0 unspecified atom stereocenters. The molecule has 0 saturated heterocycles. The molecule has 24 heavy (non-hydrogen) atoms. The Kier molecular flexibility index (Phi) is 6.74. The lowest BCUT2D eigenvalue weighted by Crippen LogP contribution is -2.29. The lowest BCUT2D eigenvalue weighted by atomic mass is 10.1. The Hall–Kier alpha value is -0.800. The van der Waals surface area contributed by atoms with Crippen LogP contribution in [0, 0.1) is 3.57 Å². The van der Waals surface area contributed by atoms with Crippen LogP contribution in [-0.4, -0.2) is 28.2 Å². The highest BCUT2D eigenvalue weighted by Crippen LogP contribution is 2.34. The Morgan fingerprint density at radius 3 is 1.96 bits per heavy atom. The van der Waals surface area contributed by atoms with Crippen LogP contribution in [0.5, 0.6) is 0 Å². The van der Waals surface area contributed by atoms with Crippen LogP contribution in [0.3, 0.4) is 0 Å². The van der Waals surface area contributed by atoms with Crippen molar-refractivity contribution >= 4 is 63.5 Å². The van der Waals surface area contributed by atoms with E-state index in [9.17, 15) is 9.59 Å². The molecule has 0 atom stereocenters. The number of carbonyl (C=O) groups is 2. The summed E-state index contributed by atoms with van der Waals surface area (Å²) in [6, 6.07) is 0. The number of esters is 1. The maximum atomic E-state index is 12.4. The molecule has 1 aromatic heterocycles. The number of pyridine rings is 1. The molecule has 0 saturated carbocycles. The van der Waals surface area contributed by atoms with E-state index in [1.165, 1.54) is 0 Å². The van der Waals surface area contributed by atoms with Crippen LogP contribution in [-0.2, 0) is 9.47 Å². The first-order valence-electron chi connectivity index (χ1n) is 6.99. The maximum Gasteiger partial charge on any atom is 0.412 e. The Bertz CT molecular complexity index is 667. The predicted molar refractivity (Wildman–Crippen MR) is 102 cm³/mol. The molecule has 134 valence electrons. The number of aromatic nitrogens is 1. The number of carbonyl (C=O) groups excluding carboxylic acids is 2. The van der Waals surface area contributed by atoms with Crippen LogP contribution in [0.25, 0.3) is 0 Å². The van der Waals surface area contributed by atoms with Gasteiger partial charge in [0.2, 0.25) is 0 Å². The number of amides is 1. The van der Waals surface area contributed by atoms with Gasteiger partial charge >= 0.3 is 12.1 Å². The summed E-state index contributed by atoms with van der Waals surface area (Å²) in [7, 11) is 0. The van der Waals surface area contributed by atoms with Crippen molar-refractivity contribution in [2.24, 2.45) is 0 Å². The van der Waals surface area contributed by atoms with Gasteiger partial charge in [-0.1, -0.05) is 23.2 Å². The SMILES string of the molecule is CC(C)(C)OC(=O)Nc1c(I)c(Cl)nc(Cl)c1C(=O)OC(C)(C)C. The minimum absolute atomic E-state index is 0.0546. The fourth-order valence-corrected chi connectivity index (χ4v) is 2.55. The first-order chi connectivity index (χ1) is 10.7. The summed E-state index contributed by atoms with van der Waals surface area (Å²) in [5.41, 5.74) is -1.42. The molecular formula is C15H19Cl2IN2O4. The molecule has 1 rings (SSSR count). The number of nitrogens with one attached hydrogen (secondary N) is 1. The van der Waals surface area contributed by atoms with Crippen molar-refractivity contribution in [3.63, 3.8) is 0 Å². The van der Waals surface area contributed by atoms with Crippen molar-refractivity contribution in [3.8, 4) is 0 Å². The van der Waals surface area contributed by atoms with Crippen molar-refractivity contribution < 1.29 is 19.1 Å². The number of halogens is 3. The number of ether oxygens (including phenoxy) is 2. The molecule has 0 spiro atoms. The Balaban J connectivity index is 3.31. The normalized spacial score (nSPS) is 11.9. The molecular weight excluding hydrogens is 470 g/mol. The summed E-state index contributed by atoms with van der Waals surface area (Å²) in [5.74, 6) is -0.722. The van der Waals surface area contributed by atoms with E-state index in [1.807, 2.05) is 22.6 Å². The van der Waals surface area contributed by atoms with E-state index in [2.05, 4.69) is 10.3 Å². The van der Waals surface area contributed by atoms with E-state index in [4.69, 9.17) is 32.7 Å². The van der Waals surface area contributed by atoms with Crippen LogP contribution < -0.4 is 5.32 Å². The third-order valence-electron chi connectivity index (χ3n) is 2.28. The molecule has 0 aliphatic rings. The molecule has 0 radical (unpaired) electrons. The standard InChI is InChI=1S/C15H19Cl2IN2O4/c1-14(2,3)23-12(21)7-9(8(18)11(17)20-10(7)16)19-13(22)24-15(4,5)6/h1-6H3,(H,19,20,22). The number of hydrogen-bond donors (Lipinski definition) is 1. The number of rotatable bonds is 2. The van der Waals surface area contributed by atoms with Gasteiger partial charge in [0, 0.05) is 0 Å². The number of anilines is 1. The summed E-state index contributed by atoms with van der Waals surface area (Å²) in [4.78, 5) is 28.4. The number of nitrogens with zero attached hydrogens (tertiary/aromatic N) is 1. The topological polar surface area (TPSA) is 77.5 Å². The van der Waals surface area contributed by atoms with E-state index in [0.717, 1.165) is 0 Å². The minimum Gasteiger partial charge on any atom is -0.456 e. The van der Waals surface area contributed by atoms with Crippen molar-refractivity contribution in [1.82, 2.24) is 4.98 Å². The molecule has 0 aliphatic carbocycles. The first-order valence-corrected chi connectivity index (χ1v) is 8.82.